The molecule has 1 heterocycles. The van der Waals surface area contributed by atoms with E-state index in [-0.39, 0.29) is 0 Å². The Labute approximate surface area is 61.0 Å². The van der Waals surface area contributed by atoms with E-state index in [1.54, 1.807) is 0 Å². The molecule has 1 aliphatic heterocycles. The van der Waals surface area contributed by atoms with Crippen LogP contribution in [-0.4, -0.2) is 17.1 Å². The van der Waals surface area contributed by atoms with E-state index >= 15 is 0 Å². The van der Waals surface area contributed by atoms with Crippen LogP contribution in [0.4, 0.5) is 30.8 Å². The number of rotatable bonds is 0. The average molecular weight is 195 g/mol. The van der Waals surface area contributed by atoms with E-state index < -0.39 is 28.9 Å². The van der Waals surface area contributed by atoms with Crippen LogP contribution >= 0.6 is 0 Å². The lowest BCUT2D eigenvalue weighted by Gasteiger charge is -2.20. The predicted molar refractivity (Wildman–Crippen MR) is 22.1 cm³/mol. The van der Waals surface area contributed by atoms with Crippen molar-refractivity contribution in [1.29, 1.82) is 0 Å². The van der Waals surface area contributed by atoms with Crippen LogP contribution in [0.2, 0.25) is 0 Å². The SMILES string of the molecule is FC1=C(F)C(F)(F)C(F)(F)N1F. The molecule has 0 aromatic heterocycles. The predicted octanol–water partition coefficient (Wildman–Crippen LogP) is 2.52. The Balaban J connectivity index is 3.22. The number of nitrogens with zero attached hydrogens (tertiary/aromatic N) is 1. The summed E-state index contributed by atoms with van der Waals surface area (Å²) < 4.78 is 83.0. The second-order valence-electron chi connectivity index (χ2n) is 2.00. The fourth-order valence-corrected chi connectivity index (χ4v) is 0.594. The van der Waals surface area contributed by atoms with Crippen LogP contribution in [0.1, 0.15) is 0 Å². The third kappa shape index (κ3) is 0.745. The molecule has 12 heavy (non-hydrogen) atoms. The zero-order valence-corrected chi connectivity index (χ0v) is 5.09. The van der Waals surface area contributed by atoms with Gasteiger partial charge in [0.25, 0.3) is 5.95 Å². The third-order valence-corrected chi connectivity index (χ3v) is 1.25. The molecule has 0 saturated heterocycles. The first kappa shape index (κ1) is 9.14. The normalized spacial score (nSPS) is 26.8. The first-order valence-corrected chi connectivity index (χ1v) is 2.50. The largest absolute Gasteiger partial charge is 0.422 e. The zero-order valence-electron chi connectivity index (χ0n) is 5.09. The molecule has 0 bridgehead atoms. The van der Waals surface area contributed by atoms with Crippen LogP contribution < -0.4 is 0 Å². The molecular weight excluding hydrogens is 195 g/mol. The molecule has 0 fully saturated rings. The van der Waals surface area contributed by atoms with Gasteiger partial charge in [-0.05, 0) is 0 Å². The molecule has 1 nitrogen and oxygen atoms in total. The quantitative estimate of drug-likeness (QED) is 0.326. The summed E-state index contributed by atoms with van der Waals surface area (Å²) >= 11 is 0. The fraction of sp³-hybridized carbons (Fsp3) is 0.500. The minimum absolute atomic E-state index is 2.23. The zero-order chi connectivity index (χ0) is 9.73. The van der Waals surface area contributed by atoms with Crippen LogP contribution in [-0.2, 0) is 0 Å². The highest BCUT2D eigenvalue weighted by molar-refractivity contribution is 5.20. The topological polar surface area (TPSA) is 3.24 Å². The van der Waals surface area contributed by atoms with Gasteiger partial charge in [-0.25, -0.2) is 0 Å². The first-order chi connectivity index (χ1) is 5.23. The van der Waals surface area contributed by atoms with E-state index in [0.29, 0.717) is 0 Å². The van der Waals surface area contributed by atoms with Gasteiger partial charge in [0.2, 0.25) is 5.83 Å². The molecule has 0 N–H and O–H groups in total. The van der Waals surface area contributed by atoms with E-state index in [1.807, 2.05) is 0 Å². The molecule has 0 aromatic carbocycles. The third-order valence-electron chi connectivity index (χ3n) is 1.25. The van der Waals surface area contributed by atoms with Crippen LogP contribution in [0.5, 0.6) is 0 Å². The molecule has 0 aromatic rings. The van der Waals surface area contributed by atoms with Crippen molar-refractivity contribution in [2.75, 3.05) is 0 Å². The molecule has 0 radical (unpaired) electrons. The van der Waals surface area contributed by atoms with Gasteiger partial charge in [-0.3, -0.25) is 0 Å². The summed E-state index contributed by atoms with van der Waals surface area (Å²) in [6.45, 7) is 0. The summed E-state index contributed by atoms with van der Waals surface area (Å²) in [5.74, 6) is -11.5. The van der Waals surface area contributed by atoms with Crippen molar-refractivity contribution in [3.8, 4) is 0 Å². The Bertz CT molecular complexity index is 244. The summed E-state index contributed by atoms with van der Waals surface area (Å²) in [6.07, 6.45) is 0. The Morgan fingerprint density at radius 2 is 1.42 bits per heavy atom. The van der Waals surface area contributed by atoms with Crippen molar-refractivity contribution < 1.29 is 30.8 Å². The minimum atomic E-state index is -5.50. The van der Waals surface area contributed by atoms with Crippen molar-refractivity contribution in [1.82, 2.24) is 5.12 Å². The summed E-state index contributed by atoms with van der Waals surface area (Å²) in [5, 5.41) is -2.23. The van der Waals surface area contributed by atoms with Gasteiger partial charge in [0.1, 0.15) is 0 Å². The molecule has 0 saturated carbocycles. The van der Waals surface area contributed by atoms with E-state index in [4.69, 9.17) is 0 Å². The Kier molecular flexibility index (Phi) is 1.56. The van der Waals surface area contributed by atoms with Crippen molar-refractivity contribution in [3.05, 3.63) is 11.8 Å². The second-order valence-corrected chi connectivity index (χ2v) is 2.00. The summed E-state index contributed by atoms with van der Waals surface area (Å²) in [6, 6.07) is -5.50. The maximum Gasteiger partial charge on any atom is 0.422 e. The Morgan fingerprint density at radius 3 is 1.50 bits per heavy atom. The van der Waals surface area contributed by atoms with Gasteiger partial charge in [-0.15, -0.1) is 5.12 Å². The van der Waals surface area contributed by atoms with E-state index in [2.05, 4.69) is 0 Å². The second kappa shape index (κ2) is 2.05. The van der Waals surface area contributed by atoms with Gasteiger partial charge >= 0.3 is 12.0 Å². The molecule has 0 atom stereocenters. The molecule has 8 heteroatoms. The fourth-order valence-electron chi connectivity index (χ4n) is 0.594. The standard InChI is InChI=1S/C4F7N/c5-1-2(6)12(11)4(9,10)3(1,7)8. The Morgan fingerprint density at radius 1 is 1.00 bits per heavy atom. The van der Waals surface area contributed by atoms with E-state index in [0.717, 1.165) is 0 Å². The molecule has 1 rings (SSSR count). The Hall–Kier alpha value is -0.950. The lowest BCUT2D eigenvalue weighted by molar-refractivity contribution is -0.297. The van der Waals surface area contributed by atoms with Gasteiger partial charge in [-0.1, -0.05) is 4.48 Å². The van der Waals surface area contributed by atoms with Gasteiger partial charge in [-0.2, -0.15) is 26.3 Å². The lowest BCUT2D eigenvalue weighted by atomic mass is 10.3. The van der Waals surface area contributed by atoms with E-state index in [9.17, 15) is 30.8 Å². The van der Waals surface area contributed by atoms with E-state index in [1.165, 1.54) is 0 Å². The van der Waals surface area contributed by atoms with Crippen molar-refractivity contribution in [2.45, 2.75) is 12.0 Å². The van der Waals surface area contributed by atoms with Crippen LogP contribution in [0, 0.1) is 0 Å². The van der Waals surface area contributed by atoms with Crippen LogP contribution in [0.3, 0.4) is 0 Å². The molecule has 0 aliphatic carbocycles. The summed E-state index contributed by atoms with van der Waals surface area (Å²) in [7, 11) is 0. The van der Waals surface area contributed by atoms with Crippen LogP contribution in [0.25, 0.3) is 0 Å². The van der Waals surface area contributed by atoms with Crippen molar-refractivity contribution in [2.24, 2.45) is 0 Å². The first-order valence-electron chi connectivity index (χ1n) is 2.50. The molecule has 0 unspecified atom stereocenters. The highest BCUT2D eigenvalue weighted by atomic mass is 19.3. The summed E-state index contributed by atoms with van der Waals surface area (Å²) in [5.41, 5.74) is 0. The molecule has 0 amide bonds. The number of halogens is 7. The van der Waals surface area contributed by atoms with Crippen LogP contribution in [0.15, 0.2) is 11.8 Å². The molecule has 0 spiro atoms. The number of hydrogen-bond acceptors (Lipinski definition) is 1. The minimum Gasteiger partial charge on any atom is -0.200 e. The molecular formula is C4F7N. The van der Waals surface area contributed by atoms with Gasteiger partial charge in [0, 0.05) is 0 Å². The maximum absolute atomic E-state index is 11.9. The highest BCUT2D eigenvalue weighted by Gasteiger charge is 2.72. The van der Waals surface area contributed by atoms with Gasteiger partial charge in [0.15, 0.2) is 0 Å². The molecule has 70 valence electrons. The monoisotopic (exact) mass is 195 g/mol. The average Bonchev–Trinajstić information content (AvgIpc) is 2.05. The smallest absolute Gasteiger partial charge is 0.200 e. The van der Waals surface area contributed by atoms with Crippen molar-refractivity contribution >= 4 is 0 Å². The summed E-state index contributed by atoms with van der Waals surface area (Å²) in [4.78, 5) is 0. The van der Waals surface area contributed by atoms with Crippen molar-refractivity contribution in [3.63, 3.8) is 0 Å². The number of hydrogen-bond donors (Lipinski definition) is 0. The lowest BCUT2D eigenvalue weighted by Crippen LogP contribution is -2.44. The van der Waals surface area contributed by atoms with Gasteiger partial charge in [0.05, 0.1) is 0 Å². The highest BCUT2D eigenvalue weighted by Crippen LogP contribution is 2.51. The number of alkyl halides is 4. The molecule has 1 aliphatic rings. The maximum atomic E-state index is 11.9. The van der Waals surface area contributed by atoms with Gasteiger partial charge < -0.3 is 0 Å².